The topological polar surface area (TPSA) is 126 Å². The average Bonchev–Trinajstić information content (AvgIpc) is 3.10. The summed E-state index contributed by atoms with van der Waals surface area (Å²) >= 11 is 0. The highest BCUT2D eigenvalue weighted by Crippen LogP contribution is 2.31. The van der Waals surface area contributed by atoms with E-state index >= 15 is 0 Å². The fourth-order valence-electron chi connectivity index (χ4n) is 2.62. The van der Waals surface area contributed by atoms with Crippen LogP contribution in [0.3, 0.4) is 0 Å². The standard InChI is InChI=1S/C15H21N5O4/c1-8(2)3-4-16-13-9-5-19-20(14(9)18-7-17-13)15-12(23)11(22)10(6-21)24-15/h3,5,7,10-12,15,21-23H,4,6H2,1-2H3,(H,16,17,18)/t10-,11-,12-,15?/m1/s1. The molecule has 4 atom stereocenters. The fraction of sp³-hybridized carbons (Fsp3) is 0.533. The summed E-state index contributed by atoms with van der Waals surface area (Å²) in [5.74, 6) is 0.621. The van der Waals surface area contributed by atoms with Gasteiger partial charge in [0.05, 0.1) is 18.2 Å². The van der Waals surface area contributed by atoms with E-state index in [2.05, 4.69) is 20.4 Å². The van der Waals surface area contributed by atoms with Crippen LogP contribution >= 0.6 is 0 Å². The lowest BCUT2D eigenvalue weighted by molar-refractivity contribution is -0.0566. The summed E-state index contributed by atoms with van der Waals surface area (Å²) in [6, 6.07) is 0. The third-order valence-electron chi connectivity index (χ3n) is 3.93. The number of anilines is 1. The van der Waals surface area contributed by atoms with E-state index in [0.717, 1.165) is 0 Å². The molecule has 0 spiro atoms. The highest BCUT2D eigenvalue weighted by atomic mass is 16.6. The summed E-state index contributed by atoms with van der Waals surface area (Å²) in [5, 5.41) is 37.3. The molecule has 3 heterocycles. The zero-order valence-electron chi connectivity index (χ0n) is 13.5. The van der Waals surface area contributed by atoms with Crippen molar-refractivity contribution >= 4 is 16.9 Å². The molecule has 1 saturated heterocycles. The zero-order chi connectivity index (χ0) is 17.3. The van der Waals surface area contributed by atoms with Gasteiger partial charge >= 0.3 is 0 Å². The van der Waals surface area contributed by atoms with Gasteiger partial charge in [0, 0.05) is 6.54 Å². The molecule has 3 rings (SSSR count). The minimum Gasteiger partial charge on any atom is -0.394 e. The molecule has 0 bridgehead atoms. The van der Waals surface area contributed by atoms with Gasteiger partial charge in [0.15, 0.2) is 11.9 Å². The second kappa shape index (κ2) is 6.81. The van der Waals surface area contributed by atoms with Crippen molar-refractivity contribution in [3.05, 3.63) is 24.2 Å². The van der Waals surface area contributed by atoms with Gasteiger partial charge in [0.1, 0.15) is 30.5 Å². The van der Waals surface area contributed by atoms with Crippen LogP contribution in [0.1, 0.15) is 20.1 Å². The van der Waals surface area contributed by atoms with E-state index in [-0.39, 0.29) is 0 Å². The van der Waals surface area contributed by atoms with Crippen LogP contribution in [0.5, 0.6) is 0 Å². The van der Waals surface area contributed by atoms with Gasteiger partial charge in [-0.1, -0.05) is 11.6 Å². The lowest BCUT2D eigenvalue weighted by Gasteiger charge is -2.15. The normalized spacial score (nSPS) is 26.7. The molecule has 24 heavy (non-hydrogen) atoms. The number of aliphatic hydroxyl groups excluding tert-OH is 3. The van der Waals surface area contributed by atoms with Crippen molar-refractivity contribution in [2.75, 3.05) is 18.5 Å². The molecular formula is C15H21N5O4. The van der Waals surface area contributed by atoms with Gasteiger partial charge in [-0.2, -0.15) is 5.10 Å². The SMILES string of the molecule is CC(C)=CCNc1ncnc2c1cnn2C1O[C@H](CO)[C@@H](O)[C@H]1O. The Balaban J connectivity index is 1.90. The fourth-order valence-corrected chi connectivity index (χ4v) is 2.62. The predicted molar refractivity (Wildman–Crippen MR) is 86.3 cm³/mol. The number of fused-ring (bicyclic) bond motifs is 1. The van der Waals surface area contributed by atoms with Crippen molar-refractivity contribution in [1.29, 1.82) is 0 Å². The Labute approximate surface area is 138 Å². The van der Waals surface area contributed by atoms with E-state index in [1.165, 1.54) is 16.6 Å². The molecule has 0 aromatic carbocycles. The van der Waals surface area contributed by atoms with Crippen LogP contribution in [0, 0.1) is 0 Å². The van der Waals surface area contributed by atoms with Gasteiger partial charge in [0.25, 0.3) is 0 Å². The number of hydrogen-bond acceptors (Lipinski definition) is 8. The second-order valence-corrected chi connectivity index (χ2v) is 5.94. The quantitative estimate of drug-likeness (QED) is 0.554. The van der Waals surface area contributed by atoms with Crippen molar-refractivity contribution in [3.8, 4) is 0 Å². The average molecular weight is 335 g/mol. The Bertz CT molecular complexity index is 743. The molecule has 0 saturated carbocycles. The van der Waals surface area contributed by atoms with Gasteiger partial charge in [-0.25, -0.2) is 14.6 Å². The summed E-state index contributed by atoms with van der Waals surface area (Å²) in [6.45, 7) is 4.25. The first-order chi connectivity index (χ1) is 11.5. The lowest BCUT2D eigenvalue weighted by atomic mass is 10.1. The number of nitrogens with zero attached hydrogens (tertiary/aromatic N) is 4. The molecule has 1 unspecified atom stereocenters. The van der Waals surface area contributed by atoms with Gasteiger partial charge in [0.2, 0.25) is 0 Å². The van der Waals surface area contributed by atoms with Gasteiger partial charge in [-0.05, 0) is 13.8 Å². The monoisotopic (exact) mass is 335 g/mol. The first-order valence-electron chi connectivity index (χ1n) is 7.71. The molecule has 1 aliphatic heterocycles. The van der Waals surface area contributed by atoms with E-state index in [1.54, 1.807) is 6.20 Å². The molecule has 1 aliphatic rings. The third kappa shape index (κ3) is 2.98. The van der Waals surface area contributed by atoms with Crippen LogP contribution in [-0.4, -0.2) is 66.5 Å². The molecule has 9 nitrogen and oxygen atoms in total. The second-order valence-electron chi connectivity index (χ2n) is 5.94. The van der Waals surface area contributed by atoms with Crippen LogP contribution in [0.25, 0.3) is 11.0 Å². The molecule has 9 heteroatoms. The molecule has 4 N–H and O–H groups in total. The number of nitrogens with one attached hydrogen (secondary N) is 1. The zero-order valence-corrected chi connectivity index (χ0v) is 13.5. The van der Waals surface area contributed by atoms with Crippen molar-refractivity contribution in [1.82, 2.24) is 19.7 Å². The largest absolute Gasteiger partial charge is 0.394 e. The molecule has 0 aliphatic carbocycles. The van der Waals surface area contributed by atoms with Crippen molar-refractivity contribution in [3.63, 3.8) is 0 Å². The summed E-state index contributed by atoms with van der Waals surface area (Å²) in [7, 11) is 0. The summed E-state index contributed by atoms with van der Waals surface area (Å²) in [6.07, 6.45) is 0.835. The Morgan fingerprint density at radius 2 is 2.12 bits per heavy atom. The summed E-state index contributed by atoms with van der Waals surface area (Å²) < 4.78 is 6.90. The Hall–Kier alpha value is -2.07. The Kier molecular flexibility index (Phi) is 4.76. The van der Waals surface area contributed by atoms with E-state index in [4.69, 9.17) is 4.74 Å². The maximum Gasteiger partial charge on any atom is 0.181 e. The number of aromatic nitrogens is 4. The maximum absolute atomic E-state index is 10.1. The third-order valence-corrected chi connectivity index (χ3v) is 3.93. The number of hydrogen-bond donors (Lipinski definition) is 4. The number of rotatable bonds is 5. The molecular weight excluding hydrogens is 314 g/mol. The van der Waals surface area contributed by atoms with Crippen LogP contribution in [0.2, 0.25) is 0 Å². The van der Waals surface area contributed by atoms with Crippen molar-refractivity contribution < 1.29 is 20.1 Å². The van der Waals surface area contributed by atoms with Crippen LogP contribution in [0.15, 0.2) is 24.2 Å². The number of aliphatic hydroxyl groups is 3. The smallest absolute Gasteiger partial charge is 0.181 e. The minimum atomic E-state index is -1.21. The molecule has 2 aromatic heterocycles. The van der Waals surface area contributed by atoms with E-state index in [1.807, 2.05) is 19.9 Å². The molecule has 0 amide bonds. The maximum atomic E-state index is 10.1. The van der Waals surface area contributed by atoms with E-state index < -0.39 is 31.1 Å². The number of ether oxygens (including phenoxy) is 1. The number of allylic oxidation sites excluding steroid dienone is 1. The molecule has 130 valence electrons. The Morgan fingerprint density at radius 3 is 2.79 bits per heavy atom. The van der Waals surface area contributed by atoms with Crippen LogP contribution in [-0.2, 0) is 4.74 Å². The molecule has 2 aromatic rings. The molecule has 1 fully saturated rings. The van der Waals surface area contributed by atoms with Crippen molar-refractivity contribution in [2.45, 2.75) is 38.4 Å². The first kappa shape index (κ1) is 16.8. The highest BCUT2D eigenvalue weighted by molar-refractivity contribution is 5.86. The van der Waals surface area contributed by atoms with Crippen LogP contribution < -0.4 is 5.32 Å². The first-order valence-corrected chi connectivity index (χ1v) is 7.71. The van der Waals surface area contributed by atoms with Crippen molar-refractivity contribution in [2.24, 2.45) is 0 Å². The summed E-state index contributed by atoms with van der Waals surface area (Å²) in [4.78, 5) is 8.41. The van der Waals surface area contributed by atoms with Gasteiger partial charge < -0.3 is 25.4 Å². The predicted octanol–water partition coefficient (Wildman–Crippen LogP) is -0.184. The highest BCUT2D eigenvalue weighted by Gasteiger charge is 2.44. The molecule has 0 radical (unpaired) electrons. The minimum absolute atomic E-state index is 0.390. The van der Waals surface area contributed by atoms with Gasteiger partial charge in [-0.15, -0.1) is 0 Å². The van der Waals surface area contributed by atoms with Gasteiger partial charge in [-0.3, -0.25) is 0 Å². The van der Waals surface area contributed by atoms with Crippen LogP contribution in [0.4, 0.5) is 5.82 Å². The summed E-state index contributed by atoms with van der Waals surface area (Å²) in [5.41, 5.74) is 1.66. The lowest BCUT2D eigenvalue weighted by Crippen LogP contribution is -2.33. The Morgan fingerprint density at radius 1 is 1.33 bits per heavy atom. The van der Waals surface area contributed by atoms with E-state index in [0.29, 0.717) is 23.4 Å². The van der Waals surface area contributed by atoms with E-state index in [9.17, 15) is 15.3 Å².